The van der Waals surface area contributed by atoms with Gasteiger partial charge in [0, 0.05) is 31.5 Å². The fraction of sp³-hybridized carbons (Fsp3) is 0.296. The first-order chi connectivity index (χ1) is 17.0. The highest BCUT2D eigenvalue weighted by molar-refractivity contribution is 6.00. The summed E-state index contributed by atoms with van der Waals surface area (Å²) in [5.41, 5.74) is 4.78. The highest BCUT2D eigenvalue weighted by Gasteiger charge is 2.31. The van der Waals surface area contributed by atoms with E-state index in [0.29, 0.717) is 19.5 Å². The van der Waals surface area contributed by atoms with E-state index in [1.807, 2.05) is 36.4 Å². The average Bonchev–Trinajstić information content (AvgIpc) is 3.59. The number of carbonyl (C=O) groups excluding carboxylic acids is 2. The van der Waals surface area contributed by atoms with E-state index in [9.17, 15) is 14.4 Å². The maximum Gasteiger partial charge on any atom is 0.411 e. The minimum atomic E-state index is -0.838. The largest absolute Gasteiger partial charge is 0.481 e. The zero-order valence-corrected chi connectivity index (χ0v) is 19.1. The topological polar surface area (TPSA) is 109 Å². The lowest BCUT2D eigenvalue weighted by Crippen LogP contribution is -2.29. The Balaban J connectivity index is 1.21. The summed E-state index contributed by atoms with van der Waals surface area (Å²) in [5.74, 6) is -1.05. The molecule has 1 aromatic heterocycles. The van der Waals surface area contributed by atoms with Crippen LogP contribution in [0.5, 0.6) is 0 Å². The van der Waals surface area contributed by atoms with Crippen LogP contribution in [0.3, 0.4) is 0 Å². The summed E-state index contributed by atoms with van der Waals surface area (Å²) in [6.45, 7) is 1.16. The number of likely N-dealkylation sites (tertiary alicyclic amines) is 1. The van der Waals surface area contributed by atoms with E-state index in [0.717, 1.165) is 28.7 Å². The molecule has 2 aromatic carbocycles. The molecular formula is C27H26N2O6. The van der Waals surface area contributed by atoms with Crippen LogP contribution in [0.2, 0.25) is 0 Å². The molecule has 5 rings (SSSR count). The van der Waals surface area contributed by atoms with Crippen LogP contribution in [0.4, 0.5) is 10.5 Å². The van der Waals surface area contributed by atoms with E-state index in [1.165, 1.54) is 12.3 Å². The van der Waals surface area contributed by atoms with Crippen LogP contribution in [0.25, 0.3) is 11.1 Å². The fourth-order valence-electron chi connectivity index (χ4n) is 5.04. The lowest BCUT2D eigenvalue weighted by atomic mass is 9.98. The molecule has 2 aliphatic rings. The third kappa shape index (κ3) is 4.64. The minimum Gasteiger partial charge on any atom is -0.481 e. The van der Waals surface area contributed by atoms with Gasteiger partial charge in [-0.2, -0.15) is 0 Å². The lowest BCUT2D eigenvalue weighted by molar-refractivity contribution is -0.137. The molecule has 1 aliphatic heterocycles. The molecule has 1 saturated heterocycles. The SMILES string of the molecule is O=C(O)CCC1CCN(C(=O)c2occc2NC(=O)OCC2c3ccccc3-c3ccccc32)C1. The maximum absolute atomic E-state index is 13.0. The van der Waals surface area contributed by atoms with E-state index in [1.54, 1.807) is 4.90 Å². The molecule has 8 heteroatoms. The van der Waals surface area contributed by atoms with Gasteiger partial charge in [0.25, 0.3) is 5.91 Å². The number of furan rings is 1. The Bertz CT molecular complexity index is 1220. The number of carboxylic acid groups (broad SMARTS) is 1. The summed E-state index contributed by atoms with van der Waals surface area (Å²) in [5, 5.41) is 11.5. The Morgan fingerprint density at radius 1 is 1.03 bits per heavy atom. The zero-order valence-electron chi connectivity index (χ0n) is 19.1. The molecule has 1 aliphatic carbocycles. The van der Waals surface area contributed by atoms with Crippen LogP contribution in [0.15, 0.2) is 65.3 Å². The van der Waals surface area contributed by atoms with Crippen LogP contribution in [-0.2, 0) is 9.53 Å². The summed E-state index contributed by atoms with van der Waals surface area (Å²) in [6, 6.07) is 17.7. The number of ether oxygens (including phenoxy) is 1. The first kappa shape index (κ1) is 22.7. The summed E-state index contributed by atoms with van der Waals surface area (Å²) in [4.78, 5) is 38.0. The summed E-state index contributed by atoms with van der Waals surface area (Å²) in [7, 11) is 0. The van der Waals surface area contributed by atoms with Crippen LogP contribution in [0.1, 0.15) is 46.9 Å². The van der Waals surface area contributed by atoms with Crippen molar-refractivity contribution in [2.75, 3.05) is 25.0 Å². The van der Waals surface area contributed by atoms with Gasteiger partial charge in [-0.05, 0) is 41.0 Å². The number of nitrogens with one attached hydrogen (secondary N) is 1. The van der Waals surface area contributed by atoms with Gasteiger partial charge in [0.05, 0.1) is 12.0 Å². The number of rotatable bonds is 7. The monoisotopic (exact) mass is 474 g/mol. The molecule has 3 aromatic rings. The van der Waals surface area contributed by atoms with Crippen molar-refractivity contribution in [3.05, 3.63) is 77.7 Å². The Labute approximate surface area is 202 Å². The molecule has 1 atom stereocenters. The third-order valence-electron chi connectivity index (χ3n) is 6.78. The number of aliphatic carboxylic acids is 1. The molecule has 0 radical (unpaired) electrons. The van der Waals surface area contributed by atoms with Crippen molar-refractivity contribution < 1.29 is 28.6 Å². The Morgan fingerprint density at radius 3 is 2.40 bits per heavy atom. The highest BCUT2D eigenvalue weighted by Crippen LogP contribution is 2.44. The molecule has 1 fully saturated rings. The number of anilines is 1. The van der Waals surface area contributed by atoms with Crippen LogP contribution >= 0.6 is 0 Å². The molecular weight excluding hydrogens is 448 g/mol. The molecule has 35 heavy (non-hydrogen) atoms. The van der Waals surface area contributed by atoms with E-state index < -0.39 is 12.1 Å². The van der Waals surface area contributed by atoms with Crippen LogP contribution in [0, 0.1) is 5.92 Å². The number of fused-ring (bicyclic) bond motifs is 3. The van der Waals surface area contributed by atoms with E-state index >= 15 is 0 Å². The van der Waals surface area contributed by atoms with Gasteiger partial charge in [-0.1, -0.05) is 48.5 Å². The third-order valence-corrected chi connectivity index (χ3v) is 6.78. The first-order valence-corrected chi connectivity index (χ1v) is 11.7. The van der Waals surface area contributed by atoms with Crippen molar-refractivity contribution >= 4 is 23.7 Å². The van der Waals surface area contributed by atoms with Gasteiger partial charge in [-0.15, -0.1) is 0 Å². The van der Waals surface area contributed by atoms with Crippen LogP contribution < -0.4 is 5.32 Å². The molecule has 1 unspecified atom stereocenters. The number of carbonyl (C=O) groups is 3. The van der Waals surface area contributed by atoms with Gasteiger partial charge in [0.15, 0.2) is 0 Å². The summed E-state index contributed by atoms with van der Waals surface area (Å²) in [6.07, 6.45) is 2.05. The molecule has 8 nitrogen and oxygen atoms in total. The van der Waals surface area contributed by atoms with E-state index in [-0.39, 0.29) is 42.2 Å². The predicted molar refractivity (Wildman–Crippen MR) is 128 cm³/mol. The molecule has 0 spiro atoms. The molecule has 0 saturated carbocycles. The Hall–Kier alpha value is -4.07. The number of amides is 2. The zero-order chi connectivity index (χ0) is 24.4. The van der Waals surface area contributed by atoms with Crippen molar-refractivity contribution in [1.82, 2.24) is 4.90 Å². The molecule has 180 valence electrons. The second-order valence-electron chi connectivity index (χ2n) is 8.95. The fourth-order valence-corrected chi connectivity index (χ4v) is 5.04. The van der Waals surface area contributed by atoms with E-state index in [2.05, 4.69) is 17.4 Å². The number of hydrogen-bond acceptors (Lipinski definition) is 5. The molecule has 2 N–H and O–H groups in total. The normalized spacial score (nSPS) is 16.6. The van der Waals surface area contributed by atoms with Crippen molar-refractivity contribution in [2.24, 2.45) is 5.92 Å². The van der Waals surface area contributed by atoms with Gasteiger partial charge in [-0.25, -0.2) is 4.79 Å². The molecule has 2 heterocycles. The van der Waals surface area contributed by atoms with Crippen molar-refractivity contribution in [3.8, 4) is 11.1 Å². The number of hydrogen-bond donors (Lipinski definition) is 2. The quantitative estimate of drug-likeness (QED) is 0.501. The molecule has 0 bridgehead atoms. The summed E-state index contributed by atoms with van der Waals surface area (Å²) < 4.78 is 11.0. The van der Waals surface area contributed by atoms with Crippen LogP contribution in [-0.4, -0.2) is 47.7 Å². The second-order valence-corrected chi connectivity index (χ2v) is 8.95. The number of benzene rings is 2. The Morgan fingerprint density at radius 2 is 1.71 bits per heavy atom. The van der Waals surface area contributed by atoms with Gasteiger partial charge in [0.1, 0.15) is 6.61 Å². The number of nitrogens with zero attached hydrogens (tertiary/aromatic N) is 1. The maximum atomic E-state index is 13.0. The smallest absolute Gasteiger partial charge is 0.411 e. The summed E-state index contributed by atoms with van der Waals surface area (Å²) >= 11 is 0. The highest BCUT2D eigenvalue weighted by atomic mass is 16.5. The van der Waals surface area contributed by atoms with Gasteiger partial charge in [-0.3, -0.25) is 14.9 Å². The van der Waals surface area contributed by atoms with Gasteiger partial charge < -0.3 is 19.2 Å². The number of carboxylic acids is 1. The van der Waals surface area contributed by atoms with Gasteiger partial charge >= 0.3 is 12.1 Å². The van der Waals surface area contributed by atoms with Crippen molar-refractivity contribution in [2.45, 2.75) is 25.2 Å². The second kappa shape index (κ2) is 9.66. The van der Waals surface area contributed by atoms with Crippen molar-refractivity contribution in [1.29, 1.82) is 0 Å². The Kier molecular flexibility index (Phi) is 6.27. The minimum absolute atomic E-state index is 0.0393. The lowest BCUT2D eigenvalue weighted by Gasteiger charge is -2.17. The standard InChI is InChI=1S/C27H26N2O6/c30-24(31)10-9-17-11-13-29(15-17)26(32)25-23(12-14-34-25)28-27(33)35-16-22-20-7-3-1-5-18(20)19-6-2-4-8-21(19)22/h1-8,12,14,17,22H,9-11,13,15-16H2,(H,28,33)(H,30,31). The first-order valence-electron chi connectivity index (χ1n) is 11.7. The van der Waals surface area contributed by atoms with Gasteiger partial charge in [0.2, 0.25) is 5.76 Å². The average molecular weight is 475 g/mol. The van der Waals surface area contributed by atoms with Crippen molar-refractivity contribution in [3.63, 3.8) is 0 Å². The predicted octanol–water partition coefficient (Wildman–Crippen LogP) is 4.97. The van der Waals surface area contributed by atoms with E-state index in [4.69, 9.17) is 14.3 Å². The molecule has 2 amide bonds.